The van der Waals surface area contributed by atoms with Gasteiger partial charge in [-0.15, -0.1) is 5.10 Å². The number of benzene rings is 1. The Morgan fingerprint density at radius 2 is 2.11 bits per heavy atom. The molecule has 0 radical (unpaired) electrons. The minimum absolute atomic E-state index is 0.191. The fourth-order valence-electron chi connectivity index (χ4n) is 1.92. The van der Waals surface area contributed by atoms with E-state index >= 15 is 0 Å². The molecule has 0 saturated heterocycles. The van der Waals surface area contributed by atoms with Crippen LogP contribution in [0.4, 0.5) is 5.69 Å². The van der Waals surface area contributed by atoms with Gasteiger partial charge in [0.15, 0.2) is 5.65 Å². The average Bonchev–Trinajstić information content (AvgIpc) is 2.70. The van der Waals surface area contributed by atoms with E-state index in [9.17, 15) is 4.79 Å². The Hall–Kier alpha value is -2.27. The molecule has 96 valence electrons. The summed E-state index contributed by atoms with van der Waals surface area (Å²) in [6.45, 7) is 0.319. The first-order valence-electron chi connectivity index (χ1n) is 5.73. The predicted molar refractivity (Wildman–Crippen MR) is 74.4 cm³/mol. The number of pyridine rings is 1. The number of rotatable bonds is 2. The zero-order valence-electron chi connectivity index (χ0n) is 9.95. The van der Waals surface area contributed by atoms with Crippen molar-refractivity contribution in [1.29, 1.82) is 0 Å². The number of aromatic nitrogens is 3. The molecular weight excluding hydrogens is 264 g/mol. The average molecular weight is 275 g/mol. The molecule has 0 aliphatic heterocycles. The molecule has 5 nitrogen and oxygen atoms in total. The summed E-state index contributed by atoms with van der Waals surface area (Å²) in [5.41, 5.74) is 7.46. The van der Waals surface area contributed by atoms with E-state index in [1.165, 1.54) is 9.08 Å². The minimum Gasteiger partial charge on any atom is -0.399 e. The van der Waals surface area contributed by atoms with Gasteiger partial charge in [0.1, 0.15) is 0 Å². The molecule has 0 atom stereocenters. The lowest BCUT2D eigenvalue weighted by Gasteiger charge is -2.04. The second kappa shape index (κ2) is 4.44. The second-order valence-electron chi connectivity index (χ2n) is 4.22. The summed E-state index contributed by atoms with van der Waals surface area (Å²) in [5, 5.41) is 4.78. The van der Waals surface area contributed by atoms with Gasteiger partial charge in [-0.2, -0.15) is 0 Å². The highest BCUT2D eigenvalue weighted by Crippen LogP contribution is 2.19. The number of nitrogens with zero attached hydrogens (tertiary/aromatic N) is 3. The van der Waals surface area contributed by atoms with Gasteiger partial charge in [0.05, 0.1) is 6.54 Å². The summed E-state index contributed by atoms with van der Waals surface area (Å²) in [6.07, 6.45) is 1.69. The zero-order chi connectivity index (χ0) is 13.4. The zero-order valence-corrected chi connectivity index (χ0v) is 10.7. The third kappa shape index (κ3) is 2.08. The summed E-state index contributed by atoms with van der Waals surface area (Å²) in [5.74, 6) is 0. The first-order chi connectivity index (χ1) is 9.15. The molecule has 2 aromatic heterocycles. The first kappa shape index (κ1) is 11.8. The van der Waals surface area contributed by atoms with Crippen molar-refractivity contribution in [2.45, 2.75) is 6.54 Å². The van der Waals surface area contributed by atoms with E-state index in [2.05, 4.69) is 5.10 Å². The Morgan fingerprint density at radius 3 is 2.84 bits per heavy atom. The number of fused-ring (bicyclic) bond motifs is 1. The molecule has 0 aliphatic carbocycles. The molecular formula is C13H11ClN4O. The first-order valence-corrected chi connectivity index (χ1v) is 6.11. The van der Waals surface area contributed by atoms with Gasteiger partial charge in [0, 0.05) is 16.9 Å². The van der Waals surface area contributed by atoms with E-state index in [1.807, 2.05) is 6.07 Å². The van der Waals surface area contributed by atoms with Gasteiger partial charge in [0.25, 0.3) is 0 Å². The Bertz CT molecular complexity index is 806. The number of hydrogen-bond donors (Lipinski definition) is 1. The van der Waals surface area contributed by atoms with E-state index in [0.717, 1.165) is 5.56 Å². The number of nitrogen functional groups attached to an aromatic ring is 1. The van der Waals surface area contributed by atoms with Gasteiger partial charge >= 0.3 is 5.69 Å². The van der Waals surface area contributed by atoms with Crippen molar-refractivity contribution in [2.24, 2.45) is 0 Å². The highest BCUT2D eigenvalue weighted by atomic mass is 35.5. The number of anilines is 1. The van der Waals surface area contributed by atoms with Gasteiger partial charge < -0.3 is 5.73 Å². The third-order valence-electron chi connectivity index (χ3n) is 2.89. The van der Waals surface area contributed by atoms with Crippen molar-refractivity contribution in [1.82, 2.24) is 14.2 Å². The molecule has 3 rings (SSSR count). The topological polar surface area (TPSA) is 65.3 Å². The number of halogens is 1. The molecule has 0 unspecified atom stereocenters. The summed E-state index contributed by atoms with van der Waals surface area (Å²) in [7, 11) is 0. The molecule has 0 bridgehead atoms. The fraction of sp³-hybridized carbons (Fsp3) is 0.0769. The van der Waals surface area contributed by atoms with Crippen molar-refractivity contribution in [3.05, 3.63) is 63.7 Å². The van der Waals surface area contributed by atoms with Crippen molar-refractivity contribution >= 4 is 22.9 Å². The third-order valence-corrected chi connectivity index (χ3v) is 3.24. The van der Waals surface area contributed by atoms with Crippen LogP contribution >= 0.6 is 11.6 Å². The highest BCUT2D eigenvalue weighted by Gasteiger charge is 2.08. The molecule has 0 amide bonds. The molecule has 0 saturated carbocycles. The van der Waals surface area contributed by atoms with Crippen molar-refractivity contribution < 1.29 is 0 Å². The fourth-order valence-corrected chi connectivity index (χ4v) is 2.17. The second-order valence-corrected chi connectivity index (χ2v) is 4.63. The summed E-state index contributed by atoms with van der Waals surface area (Å²) >= 11 is 6.10. The Balaban J connectivity index is 2.06. The Morgan fingerprint density at radius 1 is 1.26 bits per heavy atom. The van der Waals surface area contributed by atoms with E-state index < -0.39 is 0 Å². The van der Waals surface area contributed by atoms with Crippen LogP contribution in [0.1, 0.15) is 5.56 Å². The van der Waals surface area contributed by atoms with Crippen LogP contribution in [-0.2, 0) is 6.54 Å². The molecule has 19 heavy (non-hydrogen) atoms. The van der Waals surface area contributed by atoms with Gasteiger partial charge in [0.2, 0.25) is 0 Å². The summed E-state index contributed by atoms with van der Waals surface area (Å²) < 4.78 is 2.87. The monoisotopic (exact) mass is 274 g/mol. The smallest absolute Gasteiger partial charge is 0.350 e. The Labute approximate surface area is 113 Å². The van der Waals surface area contributed by atoms with Crippen LogP contribution in [0.2, 0.25) is 5.02 Å². The van der Waals surface area contributed by atoms with Crippen LogP contribution in [0, 0.1) is 0 Å². The van der Waals surface area contributed by atoms with Gasteiger partial charge in [-0.25, -0.2) is 9.48 Å². The largest absolute Gasteiger partial charge is 0.399 e. The van der Waals surface area contributed by atoms with Crippen molar-refractivity contribution in [3.63, 3.8) is 0 Å². The SMILES string of the molecule is Nc1ccc(Cn2nc3ccccn3c2=O)c(Cl)c1. The van der Waals surface area contributed by atoms with Gasteiger partial charge in [-0.3, -0.25) is 4.40 Å². The molecule has 6 heteroatoms. The lowest BCUT2D eigenvalue weighted by atomic mass is 10.2. The van der Waals surface area contributed by atoms with Crippen LogP contribution in [0.25, 0.3) is 5.65 Å². The molecule has 3 aromatic rings. The minimum atomic E-state index is -0.191. The van der Waals surface area contributed by atoms with Gasteiger partial charge in [-0.05, 0) is 29.8 Å². The summed E-state index contributed by atoms with van der Waals surface area (Å²) in [4.78, 5) is 12.1. The lowest BCUT2D eigenvalue weighted by molar-refractivity contribution is 0.659. The van der Waals surface area contributed by atoms with Gasteiger partial charge in [-0.1, -0.05) is 23.7 Å². The molecule has 2 N–H and O–H groups in total. The Kier molecular flexibility index (Phi) is 2.76. The highest BCUT2D eigenvalue weighted by molar-refractivity contribution is 6.31. The van der Waals surface area contributed by atoms with Crippen molar-refractivity contribution in [3.8, 4) is 0 Å². The number of hydrogen-bond acceptors (Lipinski definition) is 3. The van der Waals surface area contributed by atoms with E-state index in [0.29, 0.717) is 22.9 Å². The maximum Gasteiger partial charge on any atom is 0.350 e. The van der Waals surface area contributed by atoms with Crippen LogP contribution in [0.15, 0.2) is 47.4 Å². The van der Waals surface area contributed by atoms with E-state index in [-0.39, 0.29) is 5.69 Å². The normalized spacial score (nSPS) is 11.0. The molecule has 0 fully saturated rings. The maximum absolute atomic E-state index is 12.1. The van der Waals surface area contributed by atoms with Crippen LogP contribution in [0.3, 0.4) is 0 Å². The predicted octanol–water partition coefficient (Wildman–Crippen LogP) is 1.78. The standard InChI is InChI=1S/C13H11ClN4O/c14-11-7-10(15)5-4-9(11)8-18-13(19)17-6-2-1-3-12(17)16-18/h1-7H,8,15H2. The molecule has 0 aliphatic rings. The van der Waals surface area contributed by atoms with E-state index in [1.54, 1.807) is 36.5 Å². The molecule has 1 aromatic carbocycles. The lowest BCUT2D eigenvalue weighted by Crippen LogP contribution is -2.21. The molecule has 2 heterocycles. The number of nitrogens with two attached hydrogens (primary N) is 1. The van der Waals surface area contributed by atoms with Crippen LogP contribution in [-0.4, -0.2) is 14.2 Å². The quantitative estimate of drug-likeness (QED) is 0.725. The van der Waals surface area contributed by atoms with Crippen LogP contribution in [0.5, 0.6) is 0 Å². The van der Waals surface area contributed by atoms with E-state index in [4.69, 9.17) is 17.3 Å². The summed E-state index contributed by atoms with van der Waals surface area (Å²) in [6, 6.07) is 10.6. The van der Waals surface area contributed by atoms with Crippen LogP contribution < -0.4 is 11.4 Å². The van der Waals surface area contributed by atoms with Crippen molar-refractivity contribution in [2.75, 3.05) is 5.73 Å². The molecule has 0 spiro atoms. The maximum atomic E-state index is 12.1.